The lowest BCUT2D eigenvalue weighted by atomic mass is 10.1. The molecule has 0 fully saturated rings. The Morgan fingerprint density at radius 3 is 2.22 bits per heavy atom. The van der Waals surface area contributed by atoms with Crippen molar-refractivity contribution in [1.82, 2.24) is 10.6 Å². The highest BCUT2D eigenvalue weighted by Gasteiger charge is 2.28. The average molecular weight is 393 g/mol. The van der Waals surface area contributed by atoms with Gasteiger partial charge in [-0.1, -0.05) is 35.9 Å². The Kier molecular flexibility index (Phi) is 6.75. The highest BCUT2D eigenvalue weighted by Crippen LogP contribution is 2.24. The Hall–Kier alpha value is -3.10. The second-order valence-electron chi connectivity index (χ2n) is 5.66. The molecule has 5 N–H and O–H groups in total. The van der Waals surface area contributed by atoms with Crippen molar-refractivity contribution >= 4 is 29.4 Å². The molecule has 2 atom stereocenters. The lowest BCUT2D eigenvalue weighted by Crippen LogP contribution is -2.56. The van der Waals surface area contributed by atoms with E-state index in [1.165, 1.54) is 30.3 Å². The minimum Gasteiger partial charge on any atom is -0.506 e. The number of amides is 1. The fourth-order valence-corrected chi connectivity index (χ4v) is 2.51. The summed E-state index contributed by atoms with van der Waals surface area (Å²) < 4.78 is 0. The van der Waals surface area contributed by atoms with Crippen molar-refractivity contribution in [2.45, 2.75) is 18.6 Å². The Labute approximate surface area is 159 Å². The van der Waals surface area contributed by atoms with Crippen molar-refractivity contribution in [3.8, 4) is 5.75 Å². The summed E-state index contributed by atoms with van der Waals surface area (Å²) >= 11 is 5.80. The number of benzene rings is 2. The molecule has 0 aliphatic heterocycles. The number of aliphatic carboxylic acids is 2. The molecular weight excluding hydrogens is 376 g/mol. The third-order valence-electron chi connectivity index (χ3n) is 3.68. The lowest BCUT2D eigenvalue weighted by molar-refractivity contribution is -0.143. The number of phenolic OH excluding ortho intramolecular Hbond substituents is 1. The molecule has 0 saturated heterocycles. The number of halogens is 1. The Bertz CT molecular complexity index is 843. The zero-order valence-electron chi connectivity index (χ0n) is 13.9. The molecule has 8 nitrogen and oxygen atoms in total. The molecule has 9 heteroatoms. The van der Waals surface area contributed by atoms with Crippen LogP contribution in [0.5, 0.6) is 5.75 Å². The third-order valence-corrected chi connectivity index (χ3v) is 3.98. The molecular formula is C18H17ClN2O6. The van der Waals surface area contributed by atoms with Crippen LogP contribution in [-0.4, -0.2) is 45.4 Å². The van der Waals surface area contributed by atoms with Gasteiger partial charge in [-0.25, -0.2) is 4.79 Å². The van der Waals surface area contributed by atoms with E-state index in [2.05, 4.69) is 10.6 Å². The summed E-state index contributed by atoms with van der Waals surface area (Å²) in [5.41, 5.74) is 0.707. The summed E-state index contributed by atoms with van der Waals surface area (Å²) in [7, 11) is 0. The molecule has 2 aromatic rings. The number of hydrogen-bond donors (Lipinski definition) is 5. The fourth-order valence-electron chi connectivity index (χ4n) is 2.31. The molecule has 1 unspecified atom stereocenters. The van der Waals surface area contributed by atoms with Crippen molar-refractivity contribution in [1.29, 1.82) is 0 Å². The number of carboxylic acids is 2. The monoisotopic (exact) mass is 392 g/mol. The number of carboxylic acid groups (broad SMARTS) is 2. The van der Waals surface area contributed by atoms with E-state index in [9.17, 15) is 29.7 Å². The van der Waals surface area contributed by atoms with Crippen LogP contribution in [0.2, 0.25) is 5.02 Å². The highest BCUT2D eigenvalue weighted by molar-refractivity contribution is 6.32. The highest BCUT2D eigenvalue weighted by atomic mass is 35.5. The second-order valence-corrected chi connectivity index (χ2v) is 6.07. The van der Waals surface area contributed by atoms with Crippen molar-refractivity contribution < 1.29 is 29.7 Å². The van der Waals surface area contributed by atoms with Crippen LogP contribution in [0.15, 0.2) is 48.5 Å². The van der Waals surface area contributed by atoms with Gasteiger partial charge in [0.2, 0.25) is 0 Å². The molecule has 0 bridgehead atoms. The van der Waals surface area contributed by atoms with Crippen LogP contribution in [0.4, 0.5) is 0 Å². The maximum atomic E-state index is 12.1. The van der Waals surface area contributed by atoms with Gasteiger partial charge in [0.25, 0.3) is 5.91 Å². The summed E-state index contributed by atoms with van der Waals surface area (Å²) in [4.78, 5) is 35.1. The fraction of sp³-hybridized carbons (Fsp3) is 0.167. The Balaban J connectivity index is 2.12. The van der Waals surface area contributed by atoms with Gasteiger partial charge in [0.15, 0.2) is 6.17 Å². The van der Waals surface area contributed by atoms with Gasteiger partial charge in [-0.15, -0.1) is 0 Å². The molecule has 2 rings (SSSR count). The van der Waals surface area contributed by atoms with Crippen molar-refractivity contribution in [2.75, 3.05) is 0 Å². The maximum absolute atomic E-state index is 12.1. The summed E-state index contributed by atoms with van der Waals surface area (Å²) in [6, 6.07) is 10.8. The van der Waals surface area contributed by atoms with Crippen LogP contribution in [0.1, 0.15) is 15.9 Å². The van der Waals surface area contributed by atoms with Crippen LogP contribution in [0, 0.1) is 0 Å². The molecule has 0 spiro atoms. The minimum atomic E-state index is -1.62. The SMILES string of the molecule is O=C(NC(N[C@@H](Cc1ccc(O)c(Cl)c1)C(=O)O)C(=O)O)c1ccccc1. The largest absolute Gasteiger partial charge is 0.506 e. The van der Waals surface area contributed by atoms with Crippen LogP contribution in [0.3, 0.4) is 0 Å². The Morgan fingerprint density at radius 2 is 1.67 bits per heavy atom. The number of phenols is 1. The number of carbonyl (C=O) groups is 3. The van der Waals surface area contributed by atoms with Gasteiger partial charge >= 0.3 is 11.9 Å². The van der Waals surface area contributed by atoms with Crippen LogP contribution in [-0.2, 0) is 16.0 Å². The predicted octanol–water partition coefficient (Wildman–Crippen LogP) is 1.47. The molecule has 0 radical (unpaired) electrons. The van der Waals surface area contributed by atoms with Gasteiger partial charge < -0.3 is 20.6 Å². The third kappa shape index (κ3) is 5.70. The first-order valence-electron chi connectivity index (χ1n) is 7.83. The molecule has 0 saturated carbocycles. The van der Waals surface area contributed by atoms with Gasteiger partial charge in [0, 0.05) is 5.56 Å². The zero-order valence-corrected chi connectivity index (χ0v) is 14.7. The van der Waals surface area contributed by atoms with E-state index in [4.69, 9.17) is 11.6 Å². The smallest absolute Gasteiger partial charge is 0.341 e. The van der Waals surface area contributed by atoms with E-state index in [1.54, 1.807) is 18.2 Å². The van der Waals surface area contributed by atoms with E-state index in [1.807, 2.05) is 0 Å². The number of nitrogens with one attached hydrogen (secondary N) is 2. The second kappa shape index (κ2) is 9.02. The minimum absolute atomic E-state index is 0.0452. The van der Waals surface area contributed by atoms with Gasteiger partial charge in [0.05, 0.1) is 5.02 Å². The van der Waals surface area contributed by atoms with Crippen LogP contribution < -0.4 is 10.6 Å². The summed E-state index contributed by atoms with van der Waals surface area (Å²) in [6.07, 6.45) is -1.73. The van der Waals surface area contributed by atoms with E-state index in [0.29, 0.717) is 5.56 Å². The average Bonchev–Trinajstić information content (AvgIpc) is 2.63. The van der Waals surface area contributed by atoms with Crippen LogP contribution >= 0.6 is 11.6 Å². The van der Waals surface area contributed by atoms with Crippen molar-refractivity contribution in [3.63, 3.8) is 0 Å². The standard InChI is InChI=1S/C18H17ClN2O6/c19-12-8-10(6-7-14(12)22)9-13(17(24)25)20-15(18(26)27)21-16(23)11-4-2-1-3-5-11/h1-8,13,15,20,22H,9H2,(H,21,23)(H,24,25)(H,26,27)/t13-,15?/m0/s1. The molecule has 1 amide bonds. The first-order valence-corrected chi connectivity index (χ1v) is 8.20. The zero-order chi connectivity index (χ0) is 20.0. The molecule has 0 heterocycles. The first kappa shape index (κ1) is 20.2. The number of carbonyl (C=O) groups excluding carboxylic acids is 1. The van der Waals surface area contributed by atoms with E-state index >= 15 is 0 Å². The number of rotatable bonds is 8. The van der Waals surface area contributed by atoms with Crippen molar-refractivity contribution in [3.05, 3.63) is 64.7 Å². The first-order chi connectivity index (χ1) is 12.8. The van der Waals surface area contributed by atoms with Gasteiger partial charge in [-0.05, 0) is 36.2 Å². The molecule has 0 aliphatic carbocycles. The topological polar surface area (TPSA) is 136 Å². The van der Waals surface area contributed by atoms with Gasteiger partial charge in [0.1, 0.15) is 11.8 Å². The molecule has 0 aromatic heterocycles. The van der Waals surface area contributed by atoms with Gasteiger partial charge in [-0.2, -0.15) is 0 Å². The number of hydrogen-bond acceptors (Lipinski definition) is 5. The maximum Gasteiger partial charge on any atom is 0.341 e. The summed E-state index contributed by atoms with van der Waals surface area (Å²) in [5.74, 6) is -3.56. The molecule has 2 aromatic carbocycles. The normalized spacial score (nSPS) is 12.8. The molecule has 27 heavy (non-hydrogen) atoms. The summed E-state index contributed by atoms with van der Waals surface area (Å²) in [6.45, 7) is 0. The van der Waals surface area contributed by atoms with Crippen molar-refractivity contribution in [2.24, 2.45) is 0 Å². The summed E-state index contributed by atoms with van der Waals surface area (Å²) in [5, 5.41) is 32.8. The van der Waals surface area contributed by atoms with Crippen LogP contribution in [0.25, 0.3) is 0 Å². The van der Waals surface area contributed by atoms with E-state index in [-0.39, 0.29) is 22.8 Å². The Morgan fingerprint density at radius 1 is 1.00 bits per heavy atom. The lowest BCUT2D eigenvalue weighted by Gasteiger charge is -2.21. The van der Waals surface area contributed by atoms with E-state index < -0.39 is 30.1 Å². The van der Waals surface area contributed by atoms with Gasteiger partial charge in [-0.3, -0.25) is 14.9 Å². The molecule has 142 valence electrons. The predicted molar refractivity (Wildman–Crippen MR) is 96.7 cm³/mol. The number of aromatic hydroxyl groups is 1. The quantitative estimate of drug-likeness (QED) is 0.429. The molecule has 0 aliphatic rings. The van der Waals surface area contributed by atoms with E-state index in [0.717, 1.165) is 0 Å².